The van der Waals surface area contributed by atoms with Gasteiger partial charge < -0.3 is 22.1 Å². The van der Waals surface area contributed by atoms with Crippen molar-refractivity contribution in [1.82, 2.24) is 9.97 Å². The number of nitrogens with two attached hydrogens (primary N) is 2. The van der Waals surface area contributed by atoms with Crippen molar-refractivity contribution in [3.63, 3.8) is 0 Å². The number of nitrogens with zero attached hydrogens (tertiary/aromatic N) is 1. The highest BCUT2D eigenvalue weighted by molar-refractivity contribution is 7.90. The molecule has 1 aromatic carbocycles. The van der Waals surface area contributed by atoms with Crippen molar-refractivity contribution in [2.75, 3.05) is 23.4 Å². The molecule has 1 aliphatic carbocycles. The van der Waals surface area contributed by atoms with Crippen LogP contribution in [0.4, 0.5) is 17.5 Å². The van der Waals surface area contributed by atoms with E-state index >= 15 is 0 Å². The molecule has 0 aliphatic heterocycles. The third-order valence-corrected chi connectivity index (χ3v) is 6.62. The van der Waals surface area contributed by atoms with E-state index in [-0.39, 0.29) is 22.2 Å². The van der Waals surface area contributed by atoms with E-state index in [0.29, 0.717) is 17.8 Å². The van der Waals surface area contributed by atoms with Crippen LogP contribution in [-0.2, 0) is 9.84 Å². The third-order valence-electron chi connectivity index (χ3n) is 5.51. The number of benzene rings is 1. The highest BCUT2D eigenvalue weighted by Gasteiger charge is 2.27. The van der Waals surface area contributed by atoms with Crippen LogP contribution >= 0.6 is 0 Å². The van der Waals surface area contributed by atoms with Gasteiger partial charge in [0.05, 0.1) is 4.90 Å². The van der Waals surface area contributed by atoms with Crippen molar-refractivity contribution < 1.29 is 13.2 Å². The Hall–Kier alpha value is -2.92. The monoisotopic (exact) mass is 448 g/mol. The first-order chi connectivity index (χ1) is 14.5. The molecule has 0 atom stereocenters. The molecule has 1 heterocycles. The van der Waals surface area contributed by atoms with Crippen molar-refractivity contribution in [3.8, 4) is 0 Å². The van der Waals surface area contributed by atoms with Crippen LogP contribution in [0.15, 0.2) is 27.9 Å². The van der Waals surface area contributed by atoms with E-state index in [1.54, 1.807) is 13.0 Å². The van der Waals surface area contributed by atoms with Crippen LogP contribution in [0.2, 0.25) is 0 Å². The summed E-state index contributed by atoms with van der Waals surface area (Å²) in [5, 5.41) is 5.95. The Morgan fingerprint density at radius 2 is 1.94 bits per heavy atom. The average molecular weight is 449 g/mol. The van der Waals surface area contributed by atoms with Gasteiger partial charge in [0.15, 0.2) is 15.7 Å². The quantitative estimate of drug-likeness (QED) is 0.422. The zero-order valence-electron chi connectivity index (χ0n) is 17.6. The van der Waals surface area contributed by atoms with Gasteiger partial charge in [0.2, 0.25) is 5.95 Å². The van der Waals surface area contributed by atoms with Crippen LogP contribution < -0.4 is 27.7 Å². The minimum absolute atomic E-state index is 0.0674. The highest BCUT2D eigenvalue weighted by Crippen LogP contribution is 2.27. The second-order valence-corrected chi connectivity index (χ2v) is 10.2. The fourth-order valence-electron chi connectivity index (χ4n) is 3.66. The summed E-state index contributed by atoms with van der Waals surface area (Å²) in [5.74, 6) is -0.880. The van der Waals surface area contributed by atoms with Crippen molar-refractivity contribution in [3.05, 3.63) is 39.7 Å². The lowest BCUT2D eigenvalue weighted by atomic mass is 9.82. The summed E-state index contributed by atoms with van der Waals surface area (Å²) in [6.45, 7) is 2.17. The van der Waals surface area contributed by atoms with Gasteiger partial charge in [-0.1, -0.05) is 25.3 Å². The van der Waals surface area contributed by atoms with Gasteiger partial charge in [0, 0.05) is 24.0 Å². The van der Waals surface area contributed by atoms with Crippen LogP contribution in [0.3, 0.4) is 0 Å². The molecule has 7 N–H and O–H groups in total. The molecule has 0 saturated heterocycles. The number of hydrogen-bond donors (Lipinski definition) is 5. The second kappa shape index (κ2) is 8.67. The predicted octanol–water partition coefficient (Wildman–Crippen LogP) is 1.40. The predicted molar refractivity (Wildman–Crippen MR) is 119 cm³/mol. The summed E-state index contributed by atoms with van der Waals surface area (Å²) in [4.78, 5) is 31.4. The average Bonchev–Trinajstić information content (AvgIpc) is 2.67. The minimum atomic E-state index is -3.45. The molecular formula is C20H28N6O4S. The maximum atomic E-state index is 12.5. The first kappa shape index (κ1) is 22.8. The van der Waals surface area contributed by atoms with Gasteiger partial charge in [-0.3, -0.25) is 14.6 Å². The first-order valence-electron chi connectivity index (χ1n) is 10.0. The van der Waals surface area contributed by atoms with E-state index < -0.39 is 26.8 Å². The molecule has 1 fully saturated rings. The minimum Gasteiger partial charge on any atom is -0.365 e. The standard InChI is InChI=1S/C20H28N6O4S/c1-12-6-7-13(31(2,29)30)10-14(12)24-17-15(16(21)27)18(28)26-19(25-17)23-11-20(22)8-4-3-5-9-20/h6-7,10H,3-5,8-9,11,22H2,1-2H3,(H2,21,27)(H3,23,24,25,26,28). The number of anilines is 3. The van der Waals surface area contributed by atoms with Gasteiger partial charge in [0.25, 0.3) is 11.5 Å². The Kier molecular flexibility index (Phi) is 6.37. The van der Waals surface area contributed by atoms with Crippen LogP contribution in [0.1, 0.15) is 48.0 Å². The van der Waals surface area contributed by atoms with Crippen LogP contribution in [-0.4, -0.2) is 42.6 Å². The maximum absolute atomic E-state index is 12.5. The fraction of sp³-hybridized carbons (Fsp3) is 0.450. The zero-order chi connectivity index (χ0) is 22.8. The Bertz CT molecular complexity index is 1150. The first-order valence-corrected chi connectivity index (χ1v) is 11.9. The largest absolute Gasteiger partial charge is 0.365 e. The summed E-state index contributed by atoms with van der Waals surface area (Å²) in [5.41, 5.74) is 11.5. The highest BCUT2D eigenvalue weighted by atomic mass is 32.2. The Morgan fingerprint density at radius 1 is 1.26 bits per heavy atom. The molecule has 0 unspecified atom stereocenters. The van der Waals surface area contributed by atoms with Crippen molar-refractivity contribution in [1.29, 1.82) is 0 Å². The second-order valence-electron chi connectivity index (χ2n) is 8.15. The lowest BCUT2D eigenvalue weighted by Gasteiger charge is -2.33. The van der Waals surface area contributed by atoms with Crippen LogP contribution in [0.25, 0.3) is 0 Å². The number of H-pyrrole nitrogens is 1. The molecule has 1 aliphatic rings. The number of primary amides is 1. The molecule has 0 radical (unpaired) electrons. The number of hydrogen-bond acceptors (Lipinski definition) is 8. The Labute approximate surface area is 180 Å². The molecule has 3 rings (SSSR count). The number of nitrogens with one attached hydrogen (secondary N) is 3. The van der Waals surface area contributed by atoms with Gasteiger partial charge in [-0.15, -0.1) is 0 Å². The molecule has 0 spiro atoms. The van der Waals surface area contributed by atoms with E-state index in [4.69, 9.17) is 11.5 Å². The molecule has 11 heteroatoms. The number of sulfone groups is 1. The lowest BCUT2D eigenvalue weighted by molar-refractivity contribution is 0.0999. The summed E-state index contributed by atoms with van der Waals surface area (Å²) >= 11 is 0. The SMILES string of the molecule is Cc1ccc(S(C)(=O)=O)cc1Nc1nc(NCC2(N)CCCCC2)[nH]c(=O)c1C(N)=O. The molecule has 168 valence electrons. The third kappa shape index (κ3) is 5.42. The van der Waals surface area contributed by atoms with Crippen molar-refractivity contribution >= 4 is 33.2 Å². The van der Waals surface area contributed by atoms with Gasteiger partial charge in [-0.05, 0) is 37.5 Å². The Balaban J connectivity index is 1.95. The van der Waals surface area contributed by atoms with E-state index in [1.165, 1.54) is 12.1 Å². The molecule has 1 amide bonds. The number of aromatic nitrogens is 2. The van der Waals surface area contributed by atoms with E-state index in [0.717, 1.165) is 38.4 Å². The molecule has 1 saturated carbocycles. The van der Waals surface area contributed by atoms with E-state index in [2.05, 4.69) is 20.6 Å². The van der Waals surface area contributed by atoms with Gasteiger partial charge in [0.1, 0.15) is 5.56 Å². The zero-order valence-corrected chi connectivity index (χ0v) is 18.4. The smallest absolute Gasteiger partial charge is 0.267 e. The van der Waals surface area contributed by atoms with Crippen LogP contribution in [0.5, 0.6) is 0 Å². The molecular weight excluding hydrogens is 420 g/mol. The lowest BCUT2D eigenvalue weighted by Crippen LogP contribution is -2.48. The topological polar surface area (TPSA) is 173 Å². The number of rotatable bonds is 7. The Morgan fingerprint density at radius 3 is 2.55 bits per heavy atom. The molecule has 31 heavy (non-hydrogen) atoms. The summed E-state index contributed by atoms with van der Waals surface area (Å²) in [7, 11) is -3.45. The maximum Gasteiger partial charge on any atom is 0.267 e. The van der Waals surface area contributed by atoms with Crippen molar-refractivity contribution in [2.24, 2.45) is 11.5 Å². The molecule has 10 nitrogen and oxygen atoms in total. The number of aryl methyl sites for hydroxylation is 1. The number of amides is 1. The van der Waals surface area contributed by atoms with E-state index in [9.17, 15) is 18.0 Å². The molecule has 0 bridgehead atoms. The number of carbonyl (C=O) groups is 1. The molecule has 2 aromatic rings. The van der Waals surface area contributed by atoms with Gasteiger partial charge >= 0.3 is 0 Å². The van der Waals surface area contributed by atoms with E-state index in [1.807, 2.05) is 0 Å². The summed E-state index contributed by atoms with van der Waals surface area (Å²) < 4.78 is 23.8. The fourth-order valence-corrected chi connectivity index (χ4v) is 4.31. The molecule has 1 aromatic heterocycles. The van der Waals surface area contributed by atoms with Gasteiger partial charge in [-0.2, -0.15) is 4.98 Å². The van der Waals surface area contributed by atoms with Gasteiger partial charge in [-0.25, -0.2) is 8.42 Å². The normalized spacial score (nSPS) is 16.0. The summed E-state index contributed by atoms with van der Waals surface area (Å²) in [6.07, 6.45) is 6.08. The van der Waals surface area contributed by atoms with Crippen LogP contribution in [0, 0.1) is 6.92 Å². The summed E-state index contributed by atoms with van der Waals surface area (Å²) in [6, 6.07) is 4.52. The van der Waals surface area contributed by atoms with Crippen molar-refractivity contribution in [2.45, 2.75) is 49.5 Å². The number of aromatic amines is 1. The number of carbonyl (C=O) groups excluding carboxylic acids is 1.